The molecule has 110 valence electrons. The fraction of sp³-hybridized carbons (Fsp3) is 0.385. The lowest BCUT2D eigenvalue weighted by molar-refractivity contribution is -0.149. The molecule has 8 heteroatoms. The molecular weight excluding hydrogens is 282 g/mol. The van der Waals surface area contributed by atoms with Crippen molar-refractivity contribution in [3.63, 3.8) is 0 Å². The molecule has 1 saturated carbocycles. The Morgan fingerprint density at radius 2 is 2.24 bits per heavy atom. The first kappa shape index (κ1) is 13.9. The number of halogens is 1. The highest BCUT2D eigenvalue weighted by Crippen LogP contribution is 2.60. The number of ether oxygens (including phenoxy) is 2. The second-order valence-corrected chi connectivity index (χ2v) is 5.04. The molecule has 1 fully saturated rings. The molecule has 0 unspecified atom stereocenters. The quantitative estimate of drug-likeness (QED) is 0.513. The number of hydrogen-bond donors (Lipinski definition) is 1. The summed E-state index contributed by atoms with van der Waals surface area (Å²) in [6.07, 6.45) is 0.738. The van der Waals surface area contributed by atoms with Crippen LogP contribution >= 0.6 is 0 Å². The van der Waals surface area contributed by atoms with E-state index in [1.54, 1.807) is 6.07 Å². The molecular formula is C13H12BFO6. The Morgan fingerprint density at radius 1 is 1.48 bits per heavy atom. The van der Waals surface area contributed by atoms with Gasteiger partial charge in [-0.2, -0.15) is 0 Å². The zero-order valence-electron chi connectivity index (χ0n) is 11.2. The van der Waals surface area contributed by atoms with Gasteiger partial charge in [-0.15, -0.1) is 0 Å². The SMILES string of the molecule is CC(=O)OCOC(=O)c1c(F)ccc2c1OB(O)[C@@H]1C[C@H]21. The molecule has 2 aliphatic rings. The third kappa shape index (κ3) is 2.46. The summed E-state index contributed by atoms with van der Waals surface area (Å²) in [5.41, 5.74) is 0.301. The van der Waals surface area contributed by atoms with Crippen molar-refractivity contribution in [3.05, 3.63) is 29.1 Å². The van der Waals surface area contributed by atoms with Crippen LogP contribution in [0, 0.1) is 5.82 Å². The highest BCUT2D eigenvalue weighted by atomic mass is 19.1. The van der Waals surface area contributed by atoms with E-state index in [1.807, 2.05) is 0 Å². The highest BCUT2D eigenvalue weighted by molar-refractivity contribution is 6.48. The van der Waals surface area contributed by atoms with Crippen molar-refractivity contribution in [2.24, 2.45) is 0 Å². The number of carbonyl (C=O) groups is 2. The molecule has 0 spiro atoms. The number of esters is 2. The molecule has 1 heterocycles. The molecule has 0 aromatic heterocycles. The van der Waals surface area contributed by atoms with E-state index in [2.05, 4.69) is 9.47 Å². The monoisotopic (exact) mass is 294 g/mol. The van der Waals surface area contributed by atoms with Crippen LogP contribution in [0.3, 0.4) is 0 Å². The van der Waals surface area contributed by atoms with Crippen molar-refractivity contribution in [1.29, 1.82) is 0 Å². The molecule has 3 rings (SSSR count). The predicted octanol–water partition coefficient (Wildman–Crippen LogP) is 1.23. The molecule has 0 saturated heterocycles. The summed E-state index contributed by atoms with van der Waals surface area (Å²) in [5.74, 6) is -2.36. The lowest BCUT2D eigenvalue weighted by atomic mass is 9.77. The van der Waals surface area contributed by atoms with Crippen LogP contribution in [0.15, 0.2) is 12.1 Å². The molecule has 1 aliphatic carbocycles. The molecule has 2 atom stereocenters. The van der Waals surface area contributed by atoms with Gasteiger partial charge in [0.25, 0.3) is 0 Å². The summed E-state index contributed by atoms with van der Waals surface area (Å²) in [6.45, 7) is 0.553. The van der Waals surface area contributed by atoms with Crippen LogP contribution in [0.5, 0.6) is 5.75 Å². The van der Waals surface area contributed by atoms with Crippen LogP contribution < -0.4 is 4.65 Å². The van der Waals surface area contributed by atoms with E-state index in [1.165, 1.54) is 0 Å². The van der Waals surface area contributed by atoms with Crippen molar-refractivity contribution in [2.45, 2.75) is 25.1 Å². The van der Waals surface area contributed by atoms with E-state index in [0.717, 1.165) is 19.4 Å². The fourth-order valence-corrected chi connectivity index (χ4v) is 2.52. The topological polar surface area (TPSA) is 82.1 Å². The van der Waals surface area contributed by atoms with Gasteiger partial charge in [0.2, 0.25) is 6.79 Å². The highest BCUT2D eigenvalue weighted by Gasteiger charge is 2.54. The third-order valence-corrected chi connectivity index (χ3v) is 3.64. The van der Waals surface area contributed by atoms with Gasteiger partial charge in [0.05, 0.1) is 0 Å². The average Bonchev–Trinajstić information content (AvgIpc) is 3.19. The number of benzene rings is 1. The van der Waals surface area contributed by atoms with Gasteiger partial charge in [0.1, 0.15) is 17.1 Å². The Morgan fingerprint density at radius 3 is 2.95 bits per heavy atom. The van der Waals surface area contributed by atoms with Gasteiger partial charge >= 0.3 is 19.1 Å². The smallest absolute Gasteiger partial charge is 0.526 e. The summed E-state index contributed by atoms with van der Waals surface area (Å²) in [7, 11) is -1.05. The molecule has 1 aromatic rings. The number of fused-ring (bicyclic) bond motifs is 3. The predicted molar refractivity (Wildman–Crippen MR) is 68.2 cm³/mol. The number of rotatable bonds is 3. The maximum Gasteiger partial charge on any atom is 0.526 e. The van der Waals surface area contributed by atoms with E-state index >= 15 is 0 Å². The van der Waals surface area contributed by atoms with Gasteiger partial charge < -0.3 is 19.2 Å². The standard InChI is InChI=1S/C13H12BFO6/c1-6(16)19-5-20-13(17)11-10(15)3-2-7-8-4-9(8)14(18)21-12(7)11/h2-3,8-9,18H,4-5H2,1H3/t8-,9-/m1/s1. The molecule has 1 N–H and O–H groups in total. The number of carbonyl (C=O) groups excluding carboxylic acids is 2. The number of hydrogen-bond acceptors (Lipinski definition) is 6. The second-order valence-electron chi connectivity index (χ2n) is 5.04. The summed E-state index contributed by atoms with van der Waals surface area (Å²) < 4.78 is 28.3. The normalized spacial score (nSPS) is 21.8. The first-order valence-electron chi connectivity index (χ1n) is 6.46. The van der Waals surface area contributed by atoms with Crippen LogP contribution in [0.1, 0.15) is 35.2 Å². The maximum absolute atomic E-state index is 13.9. The van der Waals surface area contributed by atoms with Gasteiger partial charge in [0.15, 0.2) is 0 Å². The first-order valence-corrected chi connectivity index (χ1v) is 6.46. The summed E-state index contributed by atoms with van der Waals surface area (Å²) in [5, 5.41) is 9.75. The minimum atomic E-state index is -1.05. The van der Waals surface area contributed by atoms with Crippen LogP contribution in [-0.2, 0) is 14.3 Å². The van der Waals surface area contributed by atoms with Crippen molar-refractivity contribution in [1.82, 2.24) is 0 Å². The molecule has 0 bridgehead atoms. The Bertz CT molecular complexity index is 619. The van der Waals surface area contributed by atoms with Crippen LogP contribution in [-0.4, -0.2) is 30.9 Å². The van der Waals surface area contributed by atoms with Crippen LogP contribution in [0.4, 0.5) is 4.39 Å². The zero-order chi connectivity index (χ0) is 15.1. The fourth-order valence-electron chi connectivity index (χ4n) is 2.52. The summed E-state index contributed by atoms with van der Waals surface area (Å²) in [6, 6.07) is 2.71. The molecule has 21 heavy (non-hydrogen) atoms. The Balaban J connectivity index is 1.86. The van der Waals surface area contributed by atoms with Crippen molar-refractivity contribution in [2.75, 3.05) is 6.79 Å². The largest absolute Gasteiger partial charge is 0.535 e. The third-order valence-electron chi connectivity index (χ3n) is 3.64. The molecule has 6 nitrogen and oxygen atoms in total. The van der Waals surface area contributed by atoms with Gasteiger partial charge in [-0.25, -0.2) is 9.18 Å². The van der Waals surface area contributed by atoms with Gasteiger partial charge in [-0.05, 0) is 24.0 Å². The first-order chi connectivity index (χ1) is 9.99. The van der Waals surface area contributed by atoms with E-state index < -0.39 is 31.7 Å². The Labute approximate surface area is 119 Å². The Hall–Kier alpha value is -2.09. The van der Waals surface area contributed by atoms with Crippen molar-refractivity contribution >= 4 is 19.1 Å². The molecule has 1 aromatic carbocycles. The van der Waals surface area contributed by atoms with Gasteiger partial charge in [0, 0.05) is 12.7 Å². The van der Waals surface area contributed by atoms with E-state index in [-0.39, 0.29) is 23.0 Å². The van der Waals surface area contributed by atoms with Gasteiger partial charge in [-0.1, -0.05) is 6.07 Å². The lowest BCUT2D eigenvalue weighted by Gasteiger charge is -2.21. The van der Waals surface area contributed by atoms with E-state index in [4.69, 9.17) is 4.65 Å². The lowest BCUT2D eigenvalue weighted by Crippen LogP contribution is -2.28. The minimum absolute atomic E-state index is 0.00659. The minimum Gasteiger partial charge on any atom is -0.535 e. The van der Waals surface area contributed by atoms with Crippen LogP contribution in [0.2, 0.25) is 5.82 Å². The Kier molecular flexibility index (Phi) is 3.33. The molecule has 0 amide bonds. The van der Waals surface area contributed by atoms with Gasteiger partial charge in [-0.3, -0.25) is 4.79 Å². The van der Waals surface area contributed by atoms with Crippen LogP contribution in [0.25, 0.3) is 0 Å². The summed E-state index contributed by atoms with van der Waals surface area (Å²) >= 11 is 0. The molecule has 1 aliphatic heterocycles. The zero-order valence-corrected chi connectivity index (χ0v) is 11.2. The van der Waals surface area contributed by atoms with Crippen molar-refractivity contribution < 1.29 is 33.1 Å². The molecule has 0 radical (unpaired) electrons. The maximum atomic E-state index is 13.9. The average molecular weight is 294 g/mol. The van der Waals surface area contributed by atoms with Crippen molar-refractivity contribution in [3.8, 4) is 5.75 Å². The van der Waals surface area contributed by atoms with E-state index in [9.17, 15) is 19.0 Å². The van der Waals surface area contributed by atoms with E-state index in [0.29, 0.717) is 5.56 Å². The summed E-state index contributed by atoms with van der Waals surface area (Å²) in [4.78, 5) is 22.5. The second kappa shape index (κ2) is 5.03.